The van der Waals surface area contributed by atoms with Crippen LogP contribution >= 0.6 is 0 Å². The lowest BCUT2D eigenvalue weighted by Crippen LogP contribution is -2.40. The molecule has 0 atom stereocenters. The number of hydrazine groups is 1. The molecule has 1 aromatic heterocycles. The number of pyridine rings is 1. The smallest absolute Gasteiger partial charge is 0.406 e. The molecular formula is C16H15F3N6O2. The van der Waals surface area contributed by atoms with Crippen LogP contribution in [0.3, 0.4) is 0 Å². The standard InChI is InChI=1S/C16H15F3N6O2/c17-16(18,19)27-13-5-3-12(4-6-13)24-25-15(26)23-9-8-22-14-11(10-20)2-1-7-21-14/h1-7,24H,8-9H2,(H,21,22)(H2,23,25,26). The first-order valence-electron chi connectivity index (χ1n) is 7.62. The Kier molecular flexibility index (Phi) is 6.65. The number of anilines is 2. The number of ether oxygens (including phenoxy) is 1. The average Bonchev–Trinajstić information content (AvgIpc) is 2.63. The number of nitrogens with zero attached hydrogens (tertiary/aromatic N) is 2. The molecule has 2 aromatic rings. The summed E-state index contributed by atoms with van der Waals surface area (Å²) in [6.07, 6.45) is -3.22. The van der Waals surface area contributed by atoms with Gasteiger partial charge >= 0.3 is 12.4 Å². The van der Waals surface area contributed by atoms with E-state index in [2.05, 4.69) is 31.2 Å². The predicted molar refractivity (Wildman–Crippen MR) is 90.7 cm³/mol. The fourth-order valence-electron chi connectivity index (χ4n) is 1.91. The largest absolute Gasteiger partial charge is 0.573 e. The fourth-order valence-corrected chi connectivity index (χ4v) is 1.91. The molecule has 0 aliphatic rings. The molecule has 11 heteroatoms. The van der Waals surface area contributed by atoms with Gasteiger partial charge in [-0.05, 0) is 36.4 Å². The van der Waals surface area contributed by atoms with Crippen LogP contribution in [0.2, 0.25) is 0 Å². The van der Waals surface area contributed by atoms with Crippen molar-refractivity contribution in [1.29, 1.82) is 5.26 Å². The highest BCUT2D eigenvalue weighted by atomic mass is 19.4. The summed E-state index contributed by atoms with van der Waals surface area (Å²) >= 11 is 0. The van der Waals surface area contributed by atoms with E-state index in [0.29, 0.717) is 23.6 Å². The average molecular weight is 380 g/mol. The van der Waals surface area contributed by atoms with Crippen LogP contribution in [0.1, 0.15) is 5.56 Å². The van der Waals surface area contributed by atoms with Crippen molar-refractivity contribution in [1.82, 2.24) is 15.7 Å². The SMILES string of the molecule is N#Cc1cccnc1NCCNC(=O)NNc1ccc(OC(F)(F)F)cc1. The third-order valence-corrected chi connectivity index (χ3v) is 3.04. The van der Waals surface area contributed by atoms with Crippen molar-refractivity contribution >= 4 is 17.5 Å². The summed E-state index contributed by atoms with van der Waals surface area (Å²) in [7, 11) is 0. The molecule has 2 rings (SSSR count). The first kappa shape index (κ1) is 19.6. The summed E-state index contributed by atoms with van der Waals surface area (Å²) in [5.41, 5.74) is 5.62. The molecule has 4 N–H and O–H groups in total. The van der Waals surface area contributed by atoms with Crippen molar-refractivity contribution in [3.8, 4) is 11.8 Å². The zero-order valence-electron chi connectivity index (χ0n) is 13.8. The van der Waals surface area contributed by atoms with Gasteiger partial charge in [0.25, 0.3) is 0 Å². The number of hydrogen-bond donors (Lipinski definition) is 4. The highest BCUT2D eigenvalue weighted by Gasteiger charge is 2.30. The van der Waals surface area contributed by atoms with Crippen molar-refractivity contribution in [3.05, 3.63) is 48.2 Å². The number of carbonyl (C=O) groups is 1. The molecule has 0 spiro atoms. The molecule has 0 radical (unpaired) electrons. The Morgan fingerprint density at radius 1 is 1.19 bits per heavy atom. The number of hydrogen-bond acceptors (Lipinski definition) is 6. The second-order valence-corrected chi connectivity index (χ2v) is 5.02. The van der Waals surface area contributed by atoms with Crippen molar-refractivity contribution in [2.45, 2.75) is 6.36 Å². The summed E-state index contributed by atoms with van der Waals surface area (Å²) in [4.78, 5) is 15.7. The molecule has 0 bridgehead atoms. The van der Waals surface area contributed by atoms with Crippen LogP contribution in [0.4, 0.5) is 29.5 Å². The fraction of sp³-hybridized carbons (Fsp3) is 0.188. The van der Waals surface area contributed by atoms with E-state index in [1.54, 1.807) is 12.1 Å². The van der Waals surface area contributed by atoms with Crippen molar-refractivity contribution < 1.29 is 22.7 Å². The van der Waals surface area contributed by atoms with E-state index in [4.69, 9.17) is 5.26 Å². The van der Waals surface area contributed by atoms with Gasteiger partial charge in [-0.15, -0.1) is 13.2 Å². The Balaban J connectivity index is 1.68. The van der Waals surface area contributed by atoms with Gasteiger partial charge in [0.05, 0.1) is 11.3 Å². The number of rotatable bonds is 7. The normalized spacial score (nSPS) is 10.4. The van der Waals surface area contributed by atoms with E-state index in [0.717, 1.165) is 12.1 Å². The van der Waals surface area contributed by atoms with Crippen molar-refractivity contribution in [3.63, 3.8) is 0 Å². The minimum Gasteiger partial charge on any atom is -0.406 e. The van der Waals surface area contributed by atoms with Crippen molar-refractivity contribution in [2.24, 2.45) is 0 Å². The van der Waals surface area contributed by atoms with E-state index in [-0.39, 0.29) is 12.3 Å². The highest BCUT2D eigenvalue weighted by Crippen LogP contribution is 2.23. The van der Waals surface area contributed by atoms with Gasteiger partial charge in [0, 0.05) is 19.3 Å². The first-order chi connectivity index (χ1) is 12.9. The number of benzene rings is 1. The van der Waals surface area contributed by atoms with Gasteiger partial charge in [-0.1, -0.05) is 0 Å². The second kappa shape index (κ2) is 9.14. The van der Waals surface area contributed by atoms with E-state index < -0.39 is 12.4 Å². The van der Waals surface area contributed by atoms with Gasteiger partial charge in [0.2, 0.25) is 0 Å². The van der Waals surface area contributed by atoms with Gasteiger partial charge in [0.1, 0.15) is 17.6 Å². The molecule has 27 heavy (non-hydrogen) atoms. The molecular weight excluding hydrogens is 365 g/mol. The number of alkyl halides is 3. The van der Waals surface area contributed by atoms with E-state index >= 15 is 0 Å². The van der Waals surface area contributed by atoms with Crippen LogP contribution in [-0.4, -0.2) is 30.5 Å². The van der Waals surface area contributed by atoms with E-state index in [1.807, 2.05) is 6.07 Å². The predicted octanol–water partition coefficient (Wildman–Crippen LogP) is 2.59. The topological polar surface area (TPSA) is 111 Å². The quantitative estimate of drug-likeness (QED) is 0.434. The number of urea groups is 1. The molecule has 0 aliphatic heterocycles. The Labute approximate surface area is 152 Å². The number of aromatic nitrogens is 1. The number of carbonyl (C=O) groups excluding carboxylic acids is 1. The summed E-state index contributed by atoms with van der Waals surface area (Å²) in [5, 5.41) is 14.4. The lowest BCUT2D eigenvalue weighted by atomic mass is 10.3. The molecule has 2 amide bonds. The zero-order valence-corrected chi connectivity index (χ0v) is 13.8. The Morgan fingerprint density at radius 3 is 2.59 bits per heavy atom. The summed E-state index contributed by atoms with van der Waals surface area (Å²) in [6.45, 7) is 0.579. The minimum atomic E-state index is -4.76. The van der Waals surface area contributed by atoms with Crippen LogP contribution in [-0.2, 0) is 0 Å². The summed E-state index contributed by atoms with van der Waals surface area (Å²) < 4.78 is 39.9. The third-order valence-electron chi connectivity index (χ3n) is 3.04. The molecule has 1 heterocycles. The molecule has 0 saturated carbocycles. The Morgan fingerprint density at radius 2 is 1.93 bits per heavy atom. The van der Waals surface area contributed by atoms with Gasteiger partial charge < -0.3 is 15.4 Å². The van der Waals surface area contributed by atoms with Crippen LogP contribution in [0.15, 0.2) is 42.6 Å². The van der Waals surface area contributed by atoms with Gasteiger partial charge in [-0.25, -0.2) is 9.78 Å². The second-order valence-electron chi connectivity index (χ2n) is 5.02. The number of amides is 2. The molecule has 0 aliphatic carbocycles. The maximum atomic E-state index is 12.1. The van der Waals surface area contributed by atoms with Crippen molar-refractivity contribution in [2.75, 3.05) is 23.8 Å². The molecule has 0 fully saturated rings. The van der Waals surface area contributed by atoms with Crippen LogP contribution in [0.5, 0.6) is 5.75 Å². The third kappa shape index (κ3) is 6.99. The number of nitrogens with one attached hydrogen (secondary N) is 4. The van der Waals surface area contributed by atoms with E-state index in [9.17, 15) is 18.0 Å². The minimum absolute atomic E-state index is 0.243. The molecule has 0 saturated heterocycles. The lowest BCUT2D eigenvalue weighted by Gasteiger charge is -2.12. The summed E-state index contributed by atoms with van der Waals surface area (Å²) in [6, 6.07) is 9.55. The first-order valence-corrected chi connectivity index (χ1v) is 7.62. The maximum absolute atomic E-state index is 12.1. The maximum Gasteiger partial charge on any atom is 0.573 e. The lowest BCUT2D eigenvalue weighted by molar-refractivity contribution is -0.274. The van der Waals surface area contributed by atoms with Crippen LogP contribution in [0, 0.1) is 11.3 Å². The van der Waals surface area contributed by atoms with Crippen LogP contribution in [0.25, 0.3) is 0 Å². The molecule has 142 valence electrons. The summed E-state index contributed by atoms with van der Waals surface area (Å²) in [5.74, 6) is 0.0522. The van der Waals surface area contributed by atoms with E-state index in [1.165, 1.54) is 18.3 Å². The molecule has 1 aromatic carbocycles. The van der Waals surface area contributed by atoms with Gasteiger partial charge in [0.15, 0.2) is 0 Å². The number of halogens is 3. The Hall–Kier alpha value is -3.68. The zero-order chi connectivity index (χ0) is 19.7. The monoisotopic (exact) mass is 380 g/mol. The number of nitriles is 1. The highest BCUT2D eigenvalue weighted by molar-refractivity contribution is 5.75. The Bertz CT molecular complexity index is 805. The van der Waals surface area contributed by atoms with Crippen LogP contribution < -0.4 is 26.2 Å². The van der Waals surface area contributed by atoms with Gasteiger partial charge in [-0.2, -0.15) is 5.26 Å². The molecule has 8 nitrogen and oxygen atoms in total. The molecule has 0 unspecified atom stereocenters. The van der Waals surface area contributed by atoms with Gasteiger partial charge in [-0.3, -0.25) is 10.9 Å².